The fourth-order valence-corrected chi connectivity index (χ4v) is 2.60. The number of ether oxygens (including phenoxy) is 2. The van der Waals surface area contributed by atoms with Crippen LogP contribution in [0.4, 0.5) is 4.79 Å². The first kappa shape index (κ1) is 18.6. The number of nitrogens with zero attached hydrogens (tertiary/aromatic N) is 1. The largest absolute Gasteiger partial charge is 0.478 e. The van der Waals surface area contributed by atoms with Crippen LogP contribution in [0.15, 0.2) is 17.8 Å². The van der Waals surface area contributed by atoms with E-state index in [-0.39, 0.29) is 28.1 Å². The molecule has 130 valence electrons. The highest BCUT2D eigenvalue weighted by Crippen LogP contribution is 2.35. The molecule has 0 unspecified atom stereocenters. The average molecular weight is 383 g/mol. The summed E-state index contributed by atoms with van der Waals surface area (Å²) in [5.41, 5.74) is 0.421. The second-order valence-corrected chi connectivity index (χ2v) is 5.58. The molecule has 0 saturated carbocycles. The molecule has 0 bridgehead atoms. The number of carbonyl (C=O) groups excluding carboxylic acids is 3. The molecule has 0 atom stereocenters. The number of esters is 1. The zero-order valence-electron chi connectivity index (χ0n) is 13.0. The molecule has 1 fully saturated rings. The van der Waals surface area contributed by atoms with Gasteiger partial charge in [0.2, 0.25) is 0 Å². The van der Waals surface area contributed by atoms with E-state index in [0.717, 1.165) is 12.0 Å². The lowest BCUT2D eigenvalue weighted by atomic mass is 10.1. The molecule has 0 radical (unpaired) electrons. The lowest BCUT2D eigenvalue weighted by molar-refractivity contribution is -0.143. The van der Waals surface area contributed by atoms with Crippen molar-refractivity contribution in [1.29, 1.82) is 0 Å². The topological polar surface area (TPSA) is 84.9 Å². The van der Waals surface area contributed by atoms with Crippen molar-refractivity contribution in [3.8, 4) is 18.1 Å². The van der Waals surface area contributed by atoms with Gasteiger partial charge in [0.1, 0.15) is 18.8 Å². The maximum absolute atomic E-state index is 12.2. The minimum Gasteiger partial charge on any atom is -0.478 e. The Hall–Kier alpha value is -2.69. The number of methoxy groups -OCH3 is 1. The summed E-state index contributed by atoms with van der Waals surface area (Å²) >= 11 is 12.2. The highest BCUT2D eigenvalue weighted by Gasteiger charge is 2.35. The van der Waals surface area contributed by atoms with Gasteiger partial charge in [0, 0.05) is 0 Å². The summed E-state index contributed by atoms with van der Waals surface area (Å²) in [5.74, 6) is 1.13. The van der Waals surface area contributed by atoms with E-state index in [1.54, 1.807) is 0 Å². The van der Waals surface area contributed by atoms with Crippen molar-refractivity contribution in [2.75, 3.05) is 20.3 Å². The number of imide groups is 1. The van der Waals surface area contributed by atoms with Gasteiger partial charge in [0.15, 0.2) is 5.75 Å². The fraction of sp³-hybridized carbons (Fsp3) is 0.188. The number of hydrogen-bond acceptors (Lipinski definition) is 5. The third kappa shape index (κ3) is 4.24. The van der Waals surface area contributed by atoms with Crippen molar-refractivity contribution >= 4 is 47.2 Å². The molecule has 2 rings (SSSR count). The van der Waals surface area contributed by atoms with Crippen LogP contribution in [-0.2, 0) is 14.3 Å². The van der Waals surface area contributed by atoms with Gasteiger partial charge in [-0.3, -0.25) is 9.59 Å². The number of carbonyl (C=O) groups is 3. The number of nitrogens with one attached hydrogen (secondary N) is 1. The molecule has 1 aromatic carbocycles. The van der Waals surface area contributed by atoms with E-state index in [9.17, 15) is 14.4 Å². The van der Waals surface area contributed by atoms with E-state index in [0.29, 0.717) is 5.56 Å². The van der Waals surface area contributed by atoms with Gasteiger partial charge in [-0.2, -0.15) is 0 Å². The molecule has 1 heterocycles. The number of terminal acetylenes is 1. The molecule has 1 aromatic rings. The normalized spacial score (nSPS) is 15.1. The number of amides is 3. The molecule has 25 heavy (non-hydrogen) atoms. The van der Waals surface area contributed by atoms with Crippen LogP contribution in [0.1, 0.15) is 5.56 Å². The maximum Gasteiger partial charge on any atom is 0.329 e. The van der Waals surface area contributed by atoms with Crippen molar-refractivity contribution in [3.05, 3.63) is 33.4 Å². The molecule has 9 heteroatoms. The quantitative estimate of drug-likeness (QED) is 0.364. The van der Waals surface area contributed by atoms with Crippen molar-refractivity contribution in [2.45, 2.75) is 0 Å². The number of halogens is 2. The summed E-state index contributed by atoms with van der Waals surface area (Å²) in [7, 11) is 1.16. The summed E-state index contributed by atoms with van der Waals surface area (Å²) in [5, 5.41) is 2.75. The van der Waals surface area contributed by atoms with Gasteiger partial charge in [-0.1, -0.05) is 29.1 Å². The van der Waals surface area contributed by atoms with Crippen LogP contribution in [-0.4, -0.2) is 43.1 Å². The Morgan fingerprint density at radius 3 is 2.56 bits per heavy atom. The standard InChI is InChI=1S/C16H12Cl2N2O5/c1-3-4-25-14-10(17)5-9(6-11(14)18)7-12-15(22)20(16(23)19-12)8-13(21)24-2/h1,5-7H,4,8H2,2H3,(H,19,23)/b12-7+. The molecule has 7 nitrogen and oxygen atoms in total. The first-order valence-corrected chi connectivity index (χ1v) is 7.59. The molecule has 3 amide bonds. The van der Waals surface area contributed by atoms with Crippen molar-refractivity contribution < 1.29 is 23.9 Å². The van der Waals surface area contributed by atoms with Crippen LogP contribution < -0.4 is 10.1 Å². The Kier molecular flexibility index (Phi) is 5.91. The van der Waals surface area contributed by atoms with Gasteiger partial charge in [0.05, 0.1) is 17.2 Å². The molecule has 1 aliphatic heterocycles. The SMILES string of the molecule is C#CCOc1c(Cl)cc(/C=C2/NC(=O)N(CC(=O)OC)C2=O)cc1Cl. The smallest absolute Gasteiger partial charge is 0.329 e. The molecule has 1 saturated heterocycles. The van der Waals surface area contributed by atoms with Crippen LogP contribution in [0, 0.1) is 12.3 Å². The lowest BCUT2D eigenvalue weighted by Crippen LogP contribution is -2.36. The van der Waals surface area contributed by atoms with E-state index in [1.165, 1.54) is 18.2 Å². The zero-order chi connectivity index (χ0) is 18.6. The van der Waals surface area contributed by atoms with Crippen molar-refractivity contribution in [1.82, 2.24) is 10.2 Å². The Labute approximate surface area is 153 Å². The summed E-state index contributed by atoms with van der Waals surface area (Å²) < 4.78 is 9.68. The third-order valence-corrected chi connectivity index (χ3v) is 3.67. The Morgan fingerprint density at radius 1 is 1.36 bits per heavy atom. The highest BCUT2D eigenvalue weighted by molar-refractivity contribution is 6.37. The monoisotopic (exact) mass is 382 g/mol. The van der Waals surface area contributed by atoms with Crippen LogP contribution >= 0.6 is 23.2 Å². The fourth-order valence-electron chi connectivity index (χ4n) is 1.99. The molecular formula is C16H12Cl2N2O5. The second-order valence-electron chi connectivity index (χ2n) is 4.76. The van der Waals surface area contributed by atoms with E-state index >= 15 is 0 Å². The van der Waals surface area contributed by atoms with Gasteiger partial charge in [-0.05, 0) is 23.8 Å². The number of rotatable bonds is 5. The Morgan fingerprint density at radius 2 is 2.00 bits per heavy atom. The number of urea groups is 1. The van der Waals surface area contributed by atoms with E-state index in [4.69, 9.17) is 34.4 Å². The molecule has 0 aliphatic carbocycles. The summed E-state index contributed by atoms with van der Waals surface area (Å²) in [6.45, 7) is -0.490. The van der Waals surface area contributed by atoms with E-state index in [2.05, 4.69) is 16.0 Å². The Balaban J connectivity index is 2.26. The average Bonchev–Trinajstić information content (AvgIpc) is 2.81. The predicted octanol–water partition coefficient (Wildman–Crippen LogP) is 2.07. The molecule has 1 aliphatic rings. The second kappa shape index (κ2) is 7.92. The summed E-state index contributed by atoms with van der Waals surface area (Å²) in [6, 6.07) is 2.26. The first-order valence-electron chi connectivity index (χ1n) is 6.84. The van der Waals surface area contributed by atoms with Gasteiger partial charge >= 0.3 is 12.0 Å². The van der Waals surface area contributed by atoms with Crippen molar-refractivity contribution in [2.24, 2.45) is 0 Å². The molecule has 0 spiro atoms. The highest BCUT2D eigenvalue weighted by atomic mass is 35.5. The van der Waals surface area contributed by atoms with Crippen LogP contribution in [0.3, 0.4) is 0 Å². The van der Waals surface area contributed by atoms with Crippen LogP contribution in [0.2, 0.25) is 10.0 Å². The zero-order valence-corrected chi connectivity index (χ0v) is 14.5. The lowest BCUT2D eigenvalue weighted by Gasteiger charge is -2.09. The minimum absolute atomic E-state index is 0.00307. The third-order valence-electron chi connectivity index (χ3n) is 3.11. The first-order chi connectivity index (χ1) is 11.9. The minimum atomic E-state index is -0.729. The maximum atomic E-state index is 12.2. The van der Waals surface area contributed by atoms with Gasteiger partial charge < -0.3 is 14.8 Å². The molecule has 1 N–H and O–H groups in total. The van der Waals surface area contributed by atoms with Crippen LogP contribution in [0.5, 0.6) is 5.75 Å². The van der Waals surface area contributed by atoms with Crippen molar-refractivity contribution in [3.63, 3.8) is 0 Å². The Bertz CT molecular complexity index is 790. The predicted molar refractivity (Wildman–Crippen MR) is 91.0 cm³/mol. The van der Waals surface area contributed by atoms with Gasteiger partial charge in [-0.15, -0.1) is 6.42 Å². The van der Waals surface area contributed by atoms with Gasteiger partial charge in [0.25, 0.3) is 5.91 Å². The van der Waals surface area contributed by atoms with E-state index in [1.807, 2.05) is 0 Å². The summed E-state index contributed by atoms with van der Waals surface area (Å²) in [6.07, 6.45) is 6.49. The number of hydrogen-bond donors (Lipinski definition) is 1. The van der Waals surface area contributed by atoms with E-state index < -0.39 is 24.5 Å². The molecular weight excluding hydrogens is 371 g/mol. The number of benzene rings is 1. The van der Waals surface area contributed by atoms with Crippen LogP contribution in [0.25, 0.3) is 6.08 Å². The van der Waals surface area contributed by atoms with Gasteiger partial charge in [-0.25, -0.2) is 9.69 Å². The molecule has 0 aromatic heterocycles. The summed E-state index contributed by atoms with van der Waals surface area (Å²) in [4.78, 5) is 36.0.